The lowest BCUT2D eigenvalue weighted by molar-refractivity contribution is 0.0966. The highest BCUT2D eigenvalue weighted by atomic mass is 16.3. The van der Waals surface area contributed by atoms with Crippen LogP contribution in [0.15, 0.2) is 0 Å². The Morgan fingerprint density at radius 2 is 2.07 bits per heavy atom. The number of hydrogen-bond acceptors (Lipinski definition) is 3. The molecule has 0 spiro atoms. The van der Waals surface area contributed by atoms with Crippen molar-refractivity contribution >= 4 is 0 Å². The summed E-state index contributed by atoms with van der Waals surface area (Å²) >= 11 is 0. The van der Waals surface area contributed by atoms with Gasteiger partial charge in [-0.05, 0) is 31.2 Å². The summed E-state index contributed by atoms with van der Waals surface area (Å²) in [6, 6.07) is 0.594. The van der Waals surface area contributed by atoms with Gasteiger partial charge in [-0.1, -0.05) is 20.8 Å². The largest absolute Gasteiger partial charge is 0.396 e. The van der Waals surface area contributed by atoms with E-state index < -0.39 is 0 Å². The topological polar surface area (TPSA) is 49.5 Å². The minimum absolute atomic E-state index is 0.183. The maximum Gasteiger partial charge on any atom is 0.0471 e. The van der Waals surface area contributed by atoms with Crippen LogP contribution in [0.2, 0.25) is 0 Å². The molecule has 0 aliphatic carbocycles. The molecule has 3 unspecified atom stereocenters. The Morgan fingerprint density at radius 1 is 1.47 bits per heavy atom. The van der Waals surface area contributed by atoms with E-state index in [1.165, 1.54) is 0 Å². The second-order valence-corrected chi connectivity index (χ2v) is 6.00. The fraction of sp³-hybridized carbons (Fsp3) is 1.00. The molecule has 0 saturated carbocycles. The molecule has 1 saturated heterocycles. The van der Waals surface area contributed by atoms with Crippen molar-refractivity contribution in [1.29, 1.82) is 0 Å². The Hall–Kier alpha value is -0.120. The summed E-state index contributed by atoms with van der Waals surface area (Å²) in [6.07, 6.45) is 1.11. The third-order valence-electron chi connectivity index (χ3n) is 3.35. The molecule has 1 aliphatic rings. The Balaban J connectivity index is 2.66. The van der Waals surface area contributed by atoms with Gasteiger partial charge in [0.1, 0.15) is 0 Å². The standard InChI is InChI=1S/C12H26N2O/c1-9(13)11(12(2,3)4)14-6-5-10(7-14)8-15/h9-11,15H,5-8,13H2,1-4H3. The molecular weight excluding hydrogens is 188 g/mol. The fourth-order valence-corrected chi connectivity index (χ4v) is 2.93. The van der Waals surface area contributed by atoms with Crippen molar-refractivity contribution in [3.63, 3.8) is 0 Å². The first-order valence-corrected chi connectivity index (χ1v) is 5.96. The molecule has 15 heavy (non-hydrogen) atoms. The van der Waals surface area contributed by atoms with Crippen molar-refractivity contribution in [3.8, 4) is 0 Å². The zero-order chi connectivity index (χ0) is 11.6. The molecule has 3 nitrogen and oxygen atoms in total. The van der Waals surface area contributed by atoms with Crippen LogP contribution in [-0.4, -0.2) is 41.8 Å². The molecule has 1 rings (SSSR count). The van der Waals surface area contributed by atoms with Gasteiger partial charge in [0.15, 0.2) is 0 Å². The van der Waals surface area contributed by atoms with Crippen LogP contribution in [0, 0.1) is 11.3 Å². The quantitative estimate of drug-likeness (QED) is 0.738. The van der Waals surface area contributed by atoms with E-state index in [0.29, 0.717) is 18.6 Å². The molecule has 3 heteroatoms. The Morgan fingerprint density at radius 3 is 2.40 bits per heavy atom. The molecule has 90 valence electrons. The number of aliphatic hydroxyl groups is 1. The van der Waals surface area contributed by atoms with E-state index in [2.05, 4.69) is 32.6 Å². The first-order valence-electron chi connectivity index (χ1n) is 5.96. The van der Waals surface area contributed by atoms with Crippen LogP contribution >= 0.6 is 0 Å². The Labute approximate surface area is 93.6 Å². The number of nitrogens with two attached hydrogens (primary N) is 1. The predicted molar refractivity (Wildman–Crippen MR) is 63.7 cm³/mol. The summed E-state index contributed by atoms with van der Waals surface area (Å²) < 4.78 is 0. The van der Waals surface area contributed by atoms with Gasteiger partial charge in [0.05, 0.1) is 0 Å². The molecule has 3 N–H and O–H groups in total. The van der Waals surface area contributed by atoms with Gasteiger partial charge < -0.3 is 10.8 Å². The van der Waals surface area contributed by atoms with Crippen molar-refractivity contribution in [2.45, 2.75) is 46.2 Å². The summed E-state index contributed by atoms with van der Waals surface area (Å²) in [6.45, 7) is 11.2. The molecule has 1 heterocycles. The van der Waals surface area contributed by atoms with Crippen molar-refractivity contribution in [1.82, 2.24) is 4.90 Å². The third-order valence-corrected chi connectivity index (χ3v) is 3.35. The molecule has 0 bridgehead atoms. The highest BCUT2D eigenvalue weighted by Crippen LogP contribution is 2.30. The number of rotatable bonds is 3. The van der Waals surface area contributed by atoms with E-state index in [-0.39, 0.29) is 11.5 Å². The van der Waals surface area contributed by atoms with Gasteiger partial charge in [-0.3, -0.25) is 4.90 Å². The lowest BCUT2D eigenvalue weighted by Crippen LogP contribution is -2.52. The van der Waals surface area contributed by atoms with Crippen LogP contribution in [0.4, 0.5) is 0 Å². The summed E-state index contributed by atoms with van der Waals surface area (Å²) in [7, 11) is 0. The molecule has 0 amide bonds. The highest BCUT2D eigenvalue weighted by molar-refractivity contribution is 4.92. The van der Waals surface area contributed by atoms with Gasteiger partial charge >= 0.3 is 0 Å². The zero-order valence-corrected chi connectivity index (χ0v) is 10.5. The van der Waals surface area contributed by atoms with Crippen LogP contribution < -0.4 is 5.73 Å². The maximum atomic E-state index is 9.15. The first kappa shape index (κ1) is 12.9. The predicted octanol–water partition coefficient (Wildman–Crippen LogP) is 1.06. The molecular formula is C12H26N2O. The summed E-state index contributed by atoms with van der Waals surface area (Å²) in [4.78, 5) is 2.45. The average Bonchev–Trinajstić information content (AvgIpc) is 2.49. The van der Waals surface area contributed by atoms with Crippen molar-refractivity contribution < 1.29 is 5.11 Å². The minimum atomic E-state index is 0.183. The summed E-state index contributed by atoms with van der Waals surface area (Å²) in [5.41, 5.74) is 6.29. The minimum Gasteiger partial charge on any atom is -0.396 e. The fourth-order valence-electron chi connectivity index (χ4n) is 2.93. The van der Waals surface area contributed by atoms with Crippen LogP contribution in [0.25, 0.3) is 0 Å². The highest BCUT2D eigenvalue weighted by Gasteiger charge is 2.36. The second kappa shape index (κ2) is 4.81. The van der Waals surface area contributed by atoms with Gasteiger partial charge in [-0.25, -0.2) is 0 Å². The van der Waals surface area contributed by atoms with Crippen LogP contribution in [0.5, 0.6) is 0 Å². The smallest absolute Gasteiger partial charge is 0.0471 e. The molecule has 0 radical (unpaired) electrons. The van der Waals surface area contributed by atoms with E-state index in [1.54, 1.807) is 0 Å². The lowest BCUT2D eigenvalue weighted by atomic mass is 9.82. The first-order chi connectivity index (χ1) is 6.86. The van der Waals surface area contributed by atoms with Gasteiger partial charge in [0.2, 0.25) is 0 Å². The van der Waals surface area contributed by atoms with Crippen molar-refractivity contribution in [3.05, 3.63) is 0 Å². The second-order valence-electron chi connectivity index (χ2n) is 6.00. The van der Waals surface area contributed by atoms with E-state index >= 15 is 0 Å². The monoisotopic (exact) mass is 214 g/mol. The maximum absolute atomic E-state index is 9.15. The molecule has 0 aromatic heterocycles. The molecule has 1 fully saturated rings. The van der Waals surface area contributed by atoms with Gasteiger partial charge in [0, 0.05) is 25.2 Å². The Kier molecular flexibility index (Phi) is 4.15. The summed E-state index contributed by atoms with van der Waals surface area (Å²) in [5, 5.41) is 9.15. The van der Waals surface area contributed by atoms with Gasteiger partial charge in [-0.15, -0.1) is 0 Å². The third kappa shape index (κ3) is 3.16. The van der Waals surface area contributed by atoms with E-state index in [4.69, 9.17) is 10.8 Å². The Bertz CT molecular complexity index is 198. The molecule has 3 atom stereocenters. The number of likely N-dealkylation sites (tertiary alicyclic amines) is 1. The van der Waals surface area contributed by atoms with Crippen LogP contribution in [-0.2, 0) is 0 Å². The number of hydrogen-bond donors (Lipinski definition) is 2. The van der Waals surface area contributed by atoms with Gasteiger partial charge in [0.25, 0.3) is 0 Å². The van der Waals surface area contributed by atoms with E-state index in [1.807, 2.05) is 0 Å². The lowest BCUT2D eigenvalue weighted by Gasteiger charge is -2.40. The average molecular weight is 214 g/mol. The van der Waals surface area contributed by atoms with Crippen molar-refractivity contribution in [2.75, 3.05) is 19.7 Å². The van der Waals surface area contributed by atoms with Crippen LogP contribution in [0.3, 0.4) is 0 Å². The zero-order valence-electron chi connectivity index (χ0n) is 10.5. The SMILES string of the molecule is CC(N)C(N1CCC(CO)C1)C(C)(C)C. The summed E-state index contributed by atoms with van der Waals surface area (Å²) in [5.74, 6) is 0.452. The molecule has 0 aromatic rings. The number of aliphatic hydroxyl groups excluding tert-OH is 1. The van der Waals surface area contributed by atoms with Gasteiger partial charge in [-0.2, -0.15) is 0 Å². The molecule has 0 aromatic carbocycles. The normalized spacial score (nSPS) is 28.0. The van der Waals surface area contributed by atoms with E-state index in [9.17, 15) is 0 Å². The molecule has 1 aliphatic heterocycles. The van der Waals surface area contributed by atoms with Crippen LogP contribution in [0.1, 0.15) is 34.1 Å². The van der Waals surface area contributed by atoms with Crippen molar-refractivity contribution in [2.24, 2.45) is 17.1 Å². The number of nitrogens with zero attached hydrogens (tertiary/aromatic N) is 1. The van der Waals surface area contributed by atoms with E-state index in [0.717, 1.165) is 19.5 Å².